The number of alkyl halides is 3. The molecule has 0 atom stereocenters. The highest BCUT2D eigenvalue weighted by atomic mass is 32.2. The Hall–Kier alpha value is -1.75. The van der Waals surface area contributed by atoms with Crippen molar-refractivity contribution in [2.45, 2.75) is 31.7 Å². The summed E-state index contributed by atoms with van der Waals surface area (Å²) in [7, 11) is -5.80. The summed E-state index contributed by atoms with van der Waals surface area (Å²) >= 11 is 0. The highest BCUT2D eigenvalue weighted by molar-refractivity contribution is 7.88. The van der Waals surface area contributed by atoms with Crippen molar-refractivity contribution in [2.24, 2.45) is 0 Å². The molecule has 0 fully saturated rings. The van der Waals surface area contributed by atoms with E-state index in [4.69, 9.17) is 5.26 Å². The highest BCUT2D eigenvalue weighted by Gasteiger charge is 2.48. The maximum atomic E-state index is 12.3. The number of hydrogen-bond acceptors (Lipinski definition) is 4. The van der Waals surface area contributed by atoms with Gasteiger partial charge in [0.2, 0.25) is 0 Å². The van der Waals surface area contributed by atoms with Crippen molar-refractivity contribution < 1.29 is 25.8 Å². The van der Waals surface area contributed by atoms with Crippen LogP contribution in [0.2, 0.25) is 0 Å². The van der Waals surface area contributed by atoms with Crippen LogP contribution in [0.25, 0.3) is 0 Å². The monoisotopic (exact) mass is 307 g/mol. The van der Waals surface area contributed by atoms with Crippen LogP contribution in [-0.2, 0) is 15.5 Å². The van der Waals surface area contributed by atoms with E-state index in [1.165, 1.54) is 12.1 Å². The molecule has 0 unspecified atom stereocenters. The number of halogens is 3. The molecule has 4 nitrogen and oxygen atoms in total. The molecular weight excluding hydrogens is 295 g/mol. The summed E-state index contributed by atoms with van der Waals surface area (Å²) in [5.74, 6) is -0.628. The molecule has 20 heavy (non-hydrogen) atoms. The minimum Gasteiger partial charge on any atom is -0.375 e. The molecule has 0 N–H and O–H groups in total. The standard InChI is InChI=1S/C12H12F3NO3S/c1-11(2,3)9-5-4-8(7-16)10(6-9)19-20(17,18)12(13,14)15/h4-6H,1-3H3. The minimum absolute atomic E-state index is 0.286. The summed E-state index contributed by atoms with van der Waals surface area (Å²) < 4.78 is 62.9. The number of benzene rings is 1. The number of nitrogens with zero attached hydrogens (tertiary/aromatic N) is 1. The van der Waals surface area contributed by atoms with Crippen molar-refractivity contribution in [3.63, 3.8) is 0 Å². The van der Waals surface area contributed by atoms with Gasteiger partial charge in [0.05, 0.1) is 5.56 Å². The van der Waals surface area contributed by atoms with Gasteiger partial charge in [-0.1, -0.05) is 26.8 Å². The van der Waals surface area contributed by atoms with Gasteiger partial charge in [-0.25, -0.2) is 0 Å². The lowest BCUT2D eigenvalue weighted by Gasteiger charge is -2.20. The van der Waals surface area contributed by atoms with E-state index >= 15 is 0 Å². The summed E-state index contributed by atoms with van der Waals surface area (Å²) in [5, 5.41) is 8.81. The van der Waals surface area contributed by atoms with Gasteiger partial charge >= 0.3 is 15.6 Å². The Bertz CT molecular complexity index is 652. The SMILES string of the molecule is CC(C)(C)c1ccc(C#N)c(OS(=O)(=O)C(F)(F)F)c1. The van der Waals surface area contributed by atoms with E-state index in [0.29, 0.717) is 5.56 Å². The molecule has 0 saturated heterocycles. The van der Waals surface area contributed by atoms with Gasteiger partial charge in [0.25, 0.3) is 0 Å². The van der Waals surface area contributed by atoms with Crippen LogP contribution in [0.4, 0.5) is 13.2 Å². The normalized spacial score (nSPS) is 12.8. The maximum Gasteiger partial charge on any atom is 0.534 e. The van der Waals surface area contributed by atoms with Crippen molar-refractivity contribution in [1.29, 1.82) is 5.26 Å². The number of rotatable bonds is 2. The fraction of sp³-hybridized carbons (Fsp3) is 0.417. The van der Waals surface area contributed by atoms with E-state index in [2.05, 4.69) is 4.18 Å². The van der Waals surface area contributed by atoms with Crippen molar-refractivity contribution in [1.82, 2.24) is 0 Å². The van der Waals surface area contributed by atoms with Crippen LogP contribution in [0.5, 0.6) is 5.75 Å². The predicted molar refractivity (Wildman–Crippen MR) is 65.5 cm³/mol. The Labute approximate surface area is 114 Å². The molecule has 8 heteroatoms. The molecule has 0 heterocycles. The van der Waals surface area contributed by atoms with E-state index < -0.39 is 26.8 Å². The Kier molecular flexibility index (Phi) is 4.06. The van der Waals surface area contributed by atoms with Gasteiger partial charge < -0.3 is 4.18 Å². The molecule has 0 saturated carbocycles. The quantitative estimate of drug-likeness (QED) is 0.622. The van der Waals surface area contributed by atoms with E-state index in [1.807, 2.05) is 0 Å². The van der Waals surface area contributed by atoms with Crippen molar-refractivity contribution >= 4 is 10.1 Å². The molecule has 0 bridgehead atoms. The van der Waals surface area contributed by atoms with Gasteiger partial charge in [0.1, 0.15) is 6.07 Å². The molecule has 0 spiro atoms. The molecule has 0 radical (unpaired) electrons. The third kappa shape index (κ3) is 3.42. The first kappa shape index (κ1) is 16.3. The molecule has 0 aromatic heterocycles. The zero-order valence-electron chi connectivity index (χ0n) is 10.9. The van der Waals surface area contributed by atoms with Crippen molar-refractivity contribution in [3.8, 4) is 11.8 Å². The van der Waals surface area contributed by atoms with Gasteiger partial charge in [-0.3, -0.25) is 0 Å². The summed E-state index contributed by atoms with van der Waals surface area (Å²) in [6, 6.07) is 5.48. The van der Waals surface area contributed by atoms with Gasteiger partial charge in [0, 0.05) is 0 Å². The zero-order valence-corrected chi connectivity index (χ0v) is 11.8. The topological polar surface area (TPSA) is 67.2 Å². The molecule has 1 aromatic rings. The van der Waals surface area contributed by atoms with Gasteiger partial charge in [0.15, 0.2) is 5.75 Å². The molecular formula is C12H12F3NO3S. The fourth-order valence-electron chi connectivity index (χ4n) is 1.32. The molecule has 0 aliphatic heterocycles. The smallest absolute Gasteiger partial charge is 0.375 e. The molecule has 1 rings (SSSR count). The lowest BCUT2D eigenvalue weighted by atomic mass is 9.86. The average Bonchev–Trinajstić information content (AvgIpc) is 2.25. The second-order valence-corrected chi connectivity index (χ2v) is 6.59. The van der Waals surface area contributed by atoms with E-state index in [-0.39, 0.29) is 5.56 Å². The maximum absolute atomic E-state index is 12.3. The van der Waals surface area contributed by atoms with Gasteiger partial charge in [-0.05, 0) is 23.1 Å². The molecule has 110 valence electrons. The lowest BCUT2D eigenvalue weighted by molar-refractivity contribution is -0.0500. The van der Waals surface area contributed by atoms with E-state index in [9.17, 15) is 21.6 Å². The Morgan fingerprint density at radius 1 is 1.20 bits per heavy atom. The van der Waals surface area contributed by atoms with Crippen LogP contribution in [-0.4, -0.2) is 13.9 Å². The molecule has 0 aliphatic carbocycles. The van der Waals surface area contributed by atoms with Crippen LogP contribution in [0, 0.1) is 11.3 Å². The average molecular weight is 307 g/mol. The van der Waals surface area contributed by atoms with Gasteiger partial charge in [-0.15, -0.1) is 0 Å². The number of hydrogen-bond donors (Lipinski definition) is 0. The highest BCUT2D eigenvalue weighted by Crippen LogP contribution is 2.32. The first-order valence-corrected chi connectivity index (χ1v) is 6.85. The van der Waals surface area contributed by atoms with Crippen LogP contribution < -0.4 is 4.18 Å². The lowest BCUT2D eigenvalue weighted by Crippen LogP contribution is -2.28. The van der Waals surface area contributed by atoms with Crippen LogP contribution in [0.15, 0.2) is 18.2 Å². The van der Waals surface area contributed by atoms with Crippen LogP contribution in [0.3, 0.4) is 0 Å². The molecule has 1 aromatic carbocycles. The minimum atomic E-state index is -5.80. The predicted octanol–water partition coefficient (Wildman–Crippen LogP) is 3.08. The first-order valence-electron chi connectivity index (χ1n) is 5.44. The zero-order chi connectivity index (χ0) is 15.8. The van der Waals surface area contributed by atoms with E-state index in [1.54, 1.807) is 26.8 Å². The Morgan fingerprint density at radius 3 is 2.15 bits per heavy atom. The second-order valence-electron chi connectivity index (χ2n) is 5.06. The summed E-state index contributed by atoms with van der Waals surface area (Å²) in [5.41, 5.74) is -5.72. The van der Waals surface area contributed by atoms with Crippen molar-refractivity contribution in [2.75, 3.05) is 0 Å². The van der Waals surface area contributed by atoms with Crippen LogP contribution >= 0.6 is 0 Å². The molecule has 0 aliphatic rings. The largest absolute Gasteiger partial charge is 0.534 e. The molecule has 0 amide bonds. The van der Waals surface area contributed by atoms with Crippen molar-refractivity contribution in [3.05, 3.63) is 29.3 Å². The number of nitriles is 1. The first-order chi connectivity index (χ1) is 8.88. The van der Waals surface area contributed by atoms with Crippen LogP contribution in [0.1, 0.15) is 31.9 Å². The summed E-state index contributed by atoms with van der Waals surface area (Å²) in [4.78, 5) is 0. The Morgan fingerprint density at radius 2 is 1.75 bits per heavy atom. The third-order valence-electron chi connectivity index (χ3n) is 2.45. The van der Waals surface area contributed by atoms with E-state index in [0.717, 1.165) is 6.07 Å². The summed E-state index contributed by atoms with van der Waals surface area (Å²) in [6.07, 6.45) is 0. The third-order valence-corrected chi connectivity index (χ3v) is 3.42. The fourth-order valence-corrected chi connectivity index (χ4v) is 1.78. The Balaban J connectivity index is 3.35. The second kappa shape index (κ2) is 4.98. The summed E-state index contributed by atoms with van der Waals surface area (Å²) in [6.45, 7) is 5.36. The van der Waals surface area contributed by atoms with Gasteiger partial charge in [-0.2, -0.15) is 26.9 Å².